The average Bonchev–Trinajstić information content (AvgIpc) is 2.47. The van der Waals surface area contributed by atoms with Crippen LogP contribution in [0.4, 0.5) is 0 Å². The standard InChI is InChI=1S/C16H27NO3/c1-3-16(14-6-8-15(18)9-7-14)17-10-4-5-11-20-13-12-19-2/h6-9,16-18H,3-5,10-13H2,1-2H3. The average molecular weight is 281 g/mol. The van der Waals surface area contributed by atoms with Gasteiger partial charge in [0.2, 0.25) is 0 Å². The molecule has 0 saturated heterocycles. The summed E-state index contributed by atoms with van der Waals surface area (Å²) < 4.78 is 10.3. The van der Waals surface area contributed by atoms with Crippen LogP contribution in [0.1, 0.15) is 37.8 Å². The fraction of sp³-hybridized carbons (Fsp3) is 0.625. The first-order valence-corrected chi connectivity index (χ1v) is 7.37. The summed E-state index contributed by atoms with van der Waals surface area (Å²) in [6, 6.07) is 7.78. The van der Waals surface area contributed by atoms with E-state index in [0.717, 1.165) is 32.4 Å². The van der Waals surface area contributed by atoms with Crippen LogP contribution in [0.25, 0.3) is 0 Å². The van der Waals surface area contributed by atoms with Gasteiger partial charge in [0.25, 0.3) is 0 Å². The lowest BCUT2D eigenvalue weighted by Crippen LogP contribution is -2.22. The monoisotopic (exact) mass is 281 g/mol. The Kier molecular flexibility index (Phi) is 9.04. The van der Waals surface area contributed by atoms with E-state index in [1.165, 1.54) is 5.56 Å². The summed E-state index contributed by atoms with van der Waals surface area (Å²) in [7, 11) is 1.68. The zero-order chi connectivity index (χ0) is 14.6. The summed E-state index contributed by atoms with van der Waals surface area (Å²) in [6.45, 7) is 5.28. The lowest BCUT2D eigenvalue weighted by atomic mass is 10.0. The molecule has 1 rings (SSSR count). The second-order valence-corrected chi connectivity index (χ2v) is 4.82. The topological polar surface area (TPSA) is 50.7 Å². The SMILES string of the molecule is CCC(NCCCCOCCOC)c1ccc(O)cc1. The van der Waals surface area contributed by atoms with Gasteiger partial charge in [-0.3, -0.25) is 0 Å². The molecule has 1 aromatic carbocycles. The van der Waals surface area contributed by atoms with Crippen LogP contribution in [-0.2, 0) is 9.47 Å². The van der Waals surface area contributed by atoms with E-state index in [2.05, 4.69) is 12.2 Å². The van der Waals surface area contributed by atoms with Gasteiger partial charge < -0.3 is 19.9 Å². The Morgan fingerprint density at radius 3 is 2.50 bits per heavy atom. The molecule has 4 nitrogen and oxygen atoms in total. The van der Waals surface area contributed by atoms with E-state index in [1.54, 1.807) is 19.2 Å². The predicted molar refractivity (Wildman–Crippen MR) is 81.1 cm³/mol. The molecule has 0 spiro atoms. The first kappa shape index (κ1) is 17.0. The molecule has 0 saturated carbocycles. The van der Waals surface area contributed by atoms with Crippen LogP contribution in [-0.4, -0.2) is 38.6 Å². The molecule has 0 bridgehead atoms. The quantitative estimate of drug-likeness (QED) is 0.612. The summed E-state index contributed by atoms with van der Waals surface area (Å²) in [5, 5.41) is 12.8. The van der Waals surface area contributed by atoms with Crippen molar-refractivity contribution in [2.75, 3.05) is 33.5 Å². The molecule has 0 radical (unpaired) electrons. The third kappa shape index (κ3) is 6.89. The van der Waals surface area contributed by atoms with Gasteiger partial charge in [-0.2, -0.15) is 0 Å². The number of hydrogen-bond donors (Lipinski definition) is 2. The number of phenols is 1. The number of benzene rings is 1. The van der Waals surface area contributed by atoms with E-state index in [9.17, 15) is 5.11 Å². The minimum atomic E-state index is 0.316. The first-order chi connectivity index (χ1) is 9.77. The highest BCUT2D eigenvalue weighted by Crippen LogP contribution is 2.19. The maximum Gasteiger partial charge on any atom is 0.115 e. The zero-order valence-corrected chi connectivity index (χ0v) is 12.6. The van der Waals surface area contributed by atoms with E-state index in [-0.39, 0.29) is 0 Å². The zero-order valence-electron chi connectivity index (χ0n) is 12.6. The van der Waals surface area contributed by atoms with Crippen molar-refractivity contribution < 1.29 is 14.6 Å². The molecular weight excluding hydrogens is 254 g/mol. The van der Waals surface area contributed by atoms with Crippen molar-refractivity contribution in [3.63, 3.8) is 0 Å². The normalized spacial score (nSPS) is 12.5. The fourth-order valence-electron chi connectivity index (χ4n) is 2.05. The molecule has 0 fully saturated rings. The van der Waals surface area contributed by atoms with Crippen LogP contribution in [0.15, 0.2) is 24.3 Å². The third-order valence-electron chi connectivity index (χ3n) is 3.24. The maximum atomic E-state index is 9.30. The molecule has 0 aliphatic carbocycles. The van der Waals surface area contributed by atoms with Crippen molar-refractivity contribution in [1.82, 2.24) is 5.32 Å². The minimum Gasteiger partial charge on any atom is -0.508 e. The molecule has 1 atom stereocenters. The molecule has 0 aromatic heterocycles. The molecule has 0 amide bonds. The Morgan fingerprint density at radius 1 is 1.10 bits per heavy atom. The number of phenolic OH excluding ortho intramolecular Hbond substituents is 1. The molecule has 2 N–H and O–H groups in total. The lowest BCUT2D eigenvalue weighted by Gasteiger charge is -2.17. The fourth-order valence-corrected chi connectivity index (χ4v) is 2.05. The van der Waals surface area contributed by atoms with Crippen LogP contribution in [0.2, 0.25) is 0 Å². The van der Waals surface area contributed by atoms with Gasteiger partial charge in [-0.1, -0.05) is 19.1 Å². The van der Waals surface area contributed by atoms with Gasteiger partial charge >= 0.3 is 0 Å². The molecule has 114 valence electrons. The Morgan fingerprint density at radius 2 is 1.85 bits per heavy atom. The van der Waals surface area contributed by atoms with Crippen LogP contribution >= 0.6 is 0 Å². The van der Waals surface area contributed by atoms with Crippen LogP contribution in [0, 0.1) is 0 Å². The van der Waals surface area contributed by atoms with Gasteiger partial charge in [-0.05, 0) is 43.5 Å². The van der Waals surface area contributed by atoms with E-state index in [4.69, 9.17) is 9.47 Å². The number of hydrogen-bond acceptors (Lipinski definition) is 4. The summed E-state index contributed by atoms with van der Waals surface area (Å²) >= 11 is 0. The number of aromatic hydroxyl groups is 1. The molecule has 0 aliphatic rings. The van der Waals surface area contributed by atoms with Gasteiger partial charge in [0.15, 0.2) is 0 Å². The third-order valence-corrected chi connectivity index (χ3v) is 3.24. The van der Waals surface area contributed by atoms with Gasteiger partial charge in [0.1, 0.15) is 5.75 Å². The van der Waals surface area contributed by atoms with E-state index in [0.29, 0.717) is 25.0 Å². The summed E-state index contributed by atoms with van der Waals surface area (Å²) in [5.74, 6) is 0.316. The van der Waals surface area contributed by atoms with Crippen molar-refractivity contribution in [2.24, 2.45) is 0 Å². The summed E-state index contributed by atoms with van der Waals surface area (Å²) in [6.07, 6.45) is 3.19. The molecule has 20 heavy (non-hydrogen) atoms. The number of rotatable bonds is 11. The number of nitrogens with one attached hydrogen (secondary N) is 1. The first-order valence-electron chi connectivity index (χ1n) is 7.37. The van der Waals surface area contributed by atoms with Crippen molar-refractivity contribution >= 4 is 0 Å². The smallest absolute Gasteiger partial charge is 0.115 e. The lowest BCUT2D eigenvalue weighted by molar-refractivity contribution is 0.0687. The molecule has 1 unspecified atom stereocenters. The molecule has 0 aliphatic heterocycles. The number of ether oxygens (including phenoxy) is 2. The Labute approximate surface area is 122 Å². The highest BCUT2D eigenvalue weighted by molar-refractivity contribution is 5.27. The Balaban J connectivity index is 2.14. The summed E-state index contributed by atoms with van der Waals surface area (Å²) in [5.41, 5.74) is 1.22. The number of unbranched alkanes of at least 4 members (excludes halogenated alkanes) is 1. The molecular formula is C16H27NO3. The van der Waals surface area contributed by atoms with Crippen LogP contribution in [0.5, 0.6) is 5.75 Å². The number of methoxy groups -OCH3 is 1. The molecule has 1 aromatic rings. The molecule has 4 heteroatoms. The highest BCUT2D eigenvalue weighted by atomic mass is 16.5. The van der Waals surface area contributed by atoms with E-state index in [1.807, 2.05) is 12.1 Å². The molecule has 0 heterocycles. The predicted octanol–water partition coefficient (Wildman–Crippen LogP) is 2.88. The van der Waals surface area contributed by atoms with Crippen molar-refractivity contribution in [2.45, 2.75) is 32.2 Å². The van der Waals surface area contributed by atoms with Crippen molar-refractivity contribution in [1.29, 1.82) is 0 Å². The van der Waals surface area contributed by atoms with Crippen molar-refractivity contribution in [3.8, 4) is 5.75 Å². The minimum absolute atomic E-state index is 0.316. The van der Waals surface area contributed by atoms with Gasteiger partial charge in [0, 0.05) is 19.8 Å². The van der Waals surface area contributed by atoms with Crippen LogP contribution in [0.3, 0.4) is 0 Å². The van der Waals surface area contributed by atoms with E-state index < -0.39 is 0 Å². The van der Waals surface area contributed by atoms with Gasteiger partial charge in [-0.15, -0.1) is 0 Å². The van der Waals surface area contributed by atoms with Crippen LogP contribution < -0.4 is 5.32 Å². The van der Waals surface area contributed by atoms with Gasteiger partial charge in [-0.25, -0.2) is 0 Å². The largest absolute Gasteiger partial charge is 0.508 e. The highest BCUT2D eigenvalue weighted by Gasteiger charge is 2.07. The van der Waals surface area contributed by atoms with Crippen molar-refractivity contribution in [3.05, 3.63) is 29.8 Å². The van der Waals surface area contributed by atoms with E-state index >= 15 is 0 Å². The van der Waals surface area contributed by atoms with Gasteiger partial charge in [0.05, 0.1) is 13.2 Å². The second kappa shape index (κ2) is 10.7. The Bertz CT molecular complexity index is 340. The Hall–Kier alpha value is -1.10. The maximum absolute atomic E-state index is 9.30. The summed E-state index contributed by atoms with van der Waals surface area (Å²) in [4.78, 5) is 0. The second-order valence-electron chi connectivity index (χ2n) is 4.82.